The van der Waals surface area contributed by atoms with Crippen molar-refractivity contribution in [3.8, 4) is 11.8 Å². The number of amides is 1. The van der Waals surface area contributed by atoms with Crippen molar-refractivity contribution in [2.75, 3.05) is 32.7 Å². The van der Waals surface area contributed by atoms with Crippen LogP contribution in [0.1, 0.15) is 27.4 Å². The maximum atomic E-state index is 11.9. The van der Waals surface area contributed by atoms with Crippen LogP contribution in [0.25, 0.3) is 0 Å². The fourth-order valence-corrected chi connectivity index (χ4v) is 2.88. The lowest BCUT2D eigenvalue weighted by molar-refractivity contribution is 0.0954. The van der Waals surface area contributed by atoms with Gasteiger partial charge in [-0.3, -0.25) is 4.79 Å². The summed E-state index contributed by atoms with van der Waals surface area (Å²) in [5, 5.41) is 2.95. The highest BCUT2D eigenvalue weighted by molar-refractivity contribution is 7.14. The highest BCUT2D eigenvalue weighted by Gasteiger charge is 2.12. The van der Waals surface area contributed by atoms with Gasteiger partial charge in [-0.15, -0.1) is 11.3 Å². The van der Waals surface area contributed by atoms with Crippen molar-refractivity contribution >= 4 is 17.2 Å². The zero-order valence-corrected chi connectivity index (χ0v) is 11.8. The molecule has 0 atom stereocenters. The summed E-state index contributed by atoms with van der Waals surface area (Å²) >= 11 is 1.41. The van der Waals surface area contributed by atoms with Crippen LogP contribution in [0.4, 0.5) is 0 Å². The van der Waals surface area contributed by atoms with Gasteiger partial charge in [0.1, 0.15) is 0 Å². The molecule has 4 nitrogen and oxygen atoms in total. The number of likely N-dealkylation sites (tertiary alicyclic amines) is 1. The number of hydrogen-bond acceptors (Lipinski definition) is 4. The number of carbonyl (C=O) groups is 1. The van der Waals surface area contributed by atoms with Crippen LogP contribution < -0.4 is 11.1 Å². The van der Waals surface area contributed by atoms with E-state index in [1.807, 2.05) is 12.1 Å². The summed E-state index contributed by atoms with van der Waals surface area (Å²) in [6, 6.07) is 3.68. The number of nitrogens with one attached hydrogen (secondary N) is 1. The van der Waals surface area contributed by atoms with E-state index in [1.54, 1.807) is 0 Å². The second kappa shape index (κ2) is 7.29. The minimum atomic E-state index is -0.00926. The van der Waals surface area contributed by atoms with Gasteiger partial charge in [0.05, 0.1) is 16.3 Å². The van der Waals surface area contributed by atoms with Crippen molar-refractivity contribution in [2.24, 2.45) is 5.73 Å². The van der Waals surface area contributed by atoms with Crippen molar-refractivity contribution in [1.82, 2.24) is 10.2 Å². The number of nitrogens with zero attached hydrogens (tertiary/aromatic N) is 1. The van der Waals surface area contributed by atoms with E-state index in [0.29, 0.717) is 18.0 Å². The zero-order valence-electron chi connectivity index (χ0n) is 10.9. The molecule has 3 N–H and O–H groups in total. The fraction of sp³-hybridized carbons (Fsp3) is 0.500. The maximum absolute atomic E-state index is 11.9. The maximum Gasteiger partial charge on any atom is 0.261 e. The third-order valence-electron chi connectivity index (χ3n) is 3.06. The standard InChI is InChI=1S/C14H19N3OS/c15-7-3-4-12-5-6-13(19-12)14(18)16-8-11-17-9-1-2-10-17/h5-6H,1-2,7-11,15H2,(H,16,18). The molecule has 2 heterocycles. The van der Waals surface area contributed by atoms with Gasteiger partial charge in [-0.25, -0.2) is 0 Å². The van der Waals surface area contributed by atoms with Crippen molar-refractivity contribution in [1.29, 1.82) is 0 Å². The summed E-state index contributed by atoms with van der Waals surface area (Å²) in [7, 11) is 0. The molecule has 1 aliphatic heterocycles. The molecule has 1 aromatic heterocycles. The van der Waals surface area contributed by atoms with Gasteiger partial charge < -0.3 is 16.0 Å². The molecule has 19 heavy (non-hydrogen) atoms. The van der Waals surface area contributed by atoms with Crippen molar-refractivity contribution in [3.05, 3.63) is 21.9 Å². The van der Waals surface area contributed by atoms with Crippen molar-refractivity contribution in [3.63, 3.8) is 0 Å². The number of rotatable bonds is 4. The zero-order chi connectivity index (χ0) is 13.5. The Morgan fingerprint density at radius 2 is 2.21 bits per heavy atom. The minimum absolute atomic E-state index is 0.00926. The third-order valence-corrected chi connectivity index (χ3v) is 4.06. The van der Waals surface area contributed by atoms with Crippen LogP contribution in [-0.4, -0.2) is 43.5 Å². The molecule has 1 aliphatic rings. The summed E-state index contributed by atoms with van der Waals surface area (Å²) in [6.07, 6.45) is 2.56. The number of carbonyl (C=O) groups excluding carboxylic acids is 1. The summed E-state index contributed by atoms with van der Waals surface area (Å²) in [5.74, 6) is 5.71. The van der Waals surface area contributed by atoms with Gasteiger partial charge in [0.15, 0.2) is 0 Å². The van der Waals surface area contributed by atoms with E-state index < -0.39 is 0 Å². The van der Waals surface area contributed by atoms with Crippen molar-refractivity contribution in [2.45, 2.75) is 12.8 Å². The Morgan fingerprint density at radius 3 is 2.95 bits per heavy atom. The second-order valence-electron chi connectivity index (χ2n) is 4.47. The monoisotopic (exact) mass is 277 g/mol. The van der Waals surface area contributed by atoms with Crippen LogP contribution in [0.3, 0.4) is 0 Å². The largest absolute Gasteiger partial charge is 0.350 e. The molecule has 0 aromatic carbocycles. The lowest BCUT2D eigenvalue weighted by Crippen LogP contribution is -2.33. The van der Waals surface area contributed by atoms with E-state index in [9.17, 15) is 4.79 Å². The summed E-state index contributed by atoms with van der Waals surface area (Å²) in [5.41, 5.74) is 5.32. The Hall–Kier alpha value is -1.35. The van der Waals surface area contributed by atoms with Gasteiger partial charge in [-0.05, 0) is 38.1 Å². The molecule has 0 saturated carbocycles. The number of hydrogen-bond donors (Lipinski definition) is 2. The Kier molecular flexibility index (Phi) is 5.40. The second-order valence-corrected chi connectivity index (χ2v) is 5.56. The molecule has 0 radical (unpaired) electrons. The fourth-order valence-electron chi connectivity index (χ4n) is 2.09. The normalized spacial score (nSPS) is 15.0. The Bertz CT molecular complexity index is 480. The third kappa shape index (κ3) is 4.35. The van der Waals surface area contributed by atoms with Gasteiger partial charge in [-0.1, -0.05) is 11.8 Å². The van der Waals surface area contributed by atoms with Gasteiger partial charge in [0.25, 0.3) is 5.91 Å². The predicted octanol–water partition coefficient (Wildman–Crippen LogP) is 0.884. The lowest BCUT2D eigenvalue weighted by Gasteiger charge is -2.14. The average molecular weight is 277 g/mol. The predicted molar refractivity (Wildman–Crippen MR) is 78.3 cm³/mol. The molecule has 0 unspecified atom stereocenters. The summed E-state index contributed by atoms with van der Waals surface area (Å²) in [4.78, 5) is 15.9. The van der Waals surface area contributed by atoms with Crippen LogP contribution in [-0.2, 0) is 0 Å². The Balaban J connectivity index is 1.77. The average Bonchev–Trinajstić information content (AvgIpc) is 3.07. The van der Waals surface area contributed by atoms with E-state index in [4.69, 9.17) is 5.73 Å². The van der Waals surface area contributed by atoms with Crippen LogP contribution >= 0.6 is 11.3 Å². The number of thiophene rings is 1. The van der Waals surface area contributed by atoms with E-state index in [2.05, 4.69) is 22.1 Å². The highest BCUT2D eigenvalue weighted by Crippen LogP contribution is 2.15. The van der Waals surface area contributed by atoms with Crippen LogP contribution in [0.2, 0.25) is 0 Å². The molecule has 1 amide bonds. The van der Waals surface area contributed by atoms with E-state index >= 15 is 0 Å². The first-order chi connectivity index (χ1) is 9.29. The quantitative estimate of drug-likeness (QED) is 0.803. The first kappa shape index (κ1) is 14.1. The van der Waals surface area contributed by atoms with Gasteiger partial charge in [-0.2, -0.15) is 0 Å². The first-order valence-electron chi connectivity index (χ1n) is 6.59. The molecule has 5 heteroatoms. The Labute approximate surface area is 118 Å². The van der Waals surface area contributed by atoms with Gasteiger partial charge >= 0.3 is 0 Å². The van der Waals surface area contributed by atoms with Crippen LogP contribution in [0, 0.1) is 11.8 Å². The molecule has 1 fully saturated rings. The molecule has 2 rings (SSSR count). The smallest absolute Gasteiger partial charge is 0.261 e. The first-order valence-corrected chi connectivity index (χ1v) is 7.40. The number of nitrogens with two attached hydrogens (primary N) is 1. The Morgan fingerprint density at radius 1 is 1.42 bits per heavy atom. The molecule has 102 valence electrons. The lowest BCUT2D eigenvalue weighted by atomic mass is 10.4. The summed E-state index contributed by atoms with van der Waals surface area (Å²) < 4.78 is 0. The van der Waals surface area contributed by atoms with E-state index in [-0.39, 0.29) is 5.91 Å². The molecular weight excluding hydrogens is 258 g/mol. The van der Waals surface area contributed by atoms with E-state index in [1.165, 1.54) is 24.2 Å². The molecule has 1 aromatic rings. The molecule has 0 spiro atoms. The summed E-state index contributed by atoms with van der Waals surface area (Å²) in [6.45, 7) is 4.31. The topological polar surface area (TPSA) is 58.4 Å². The van der Waals surface area contributed by atoms with Crippen LogP contribution in [0.15, 0.2) is 12.1 Å². The highest BCUT2D eigenvalue weighted by atomic mass is 32.1. The minimum Gasteiger partial charge on any atom is -0.350 e. The van der Waals surface area contributed by atoms with Crippen LogP contribution in [0.5, 0.6) is 0 Å². The SMILES string of the molecule is NCC#Cc1ccc(C(=O)NCCN2CCCC2)s1. The van der Waals surface area contributed by atoms with Gasteiger partial charge in [0.2, 0.25) is 0 Å². The van der Waals surface area contributed by atoms with Crippen molar-refractivity contribution < 1.29 is 4.79 Å². The van der Waals surface area contributed by atoms with E-state index in [0.717, 1.165) is 24.5 Å². The molecular formula is C14H19N3OS. The van der Waals surface area contributed by atoms with Gasteiger partial charge in [0, 0.05) is 13.1 Å². The molecule has 0 bridgehead atoms. The molecule has 0 aliphatic carbocycles. The molecule has 1 saturated heterocycles.